The maximum absolute atomic E-state index is 11.4. The van der Waals surface area contributed by atoms with Crippen LogP contribution in [0.1, 0.15) is 40.0 Å². The Morgan fingerprint density at radius 2 is 2.00 bits per heavy atom. The fourth-order valence-corrected chi connectivity index (χ4v) is 1.27. The van der Waals surface area contributed by atoms with Crippen LogP contribution in [0.3, 0.4) is 0 Å². The minimum Gasteiger partial charge on any atom is -0.341 e. The first-order valence-corrected chi connectivity index (χ1v) is 5.11. The molecule has 0 aromatic heterocycles. The van der Waals surface area contributed by atoms with Crippen LogP contribution in [-0.2, 0) is 0 Å². The molecule has 0 saturated carbocycles. The Kier molecular flexibility index (Phi) is 6.37. The van der Waals surface area contributed by atoms with E-state index in [4.69, 9.17) is 0 Å². The maximum Gasteiger partial charge on any atom is 0.317 e. The van der Waals surface area contributed by atoms with Crippen molar-refractivity contribution in [3.8, 4) is 0 Å². The van der Waals surface area contributed by atoms with Crippen molar-refractivity contribution < 1.29 is 4.79 Å². The molecule has 3 heteroatoms. The van der Waals surface area contributed by atoms with Crippen molar-refractivity contribution in [2.45, 2.75) is 46.1 Å². The lowest BCUT2D eigenvalue weighted by Gasteiger charge is -2.26. The van der Waals surface area contributed by atoms with Crippen LogP contribution < -0.4 is 5.32 Å². The quantitative estimate of drug-likeness (QED) is 0.656. The van der Waals surface area contributed by atoms with Gasteiger partial charge in [-0.25, -0.2) is 4.79 Å². The van der Waals surface area contributed by atoms with E-state index in [1.807, 2.05) is 18.7 Å². The van der Waals surface area contributed by atoms with Crippen LogP contribution in [0.25, 0.3) is 0 Å². The van der Waals surface area contributed by atoms with Crippen LogP contribution in [0, 0.1) is 0 Å². The molecule has 0 aromatic rings. The number of amides is 2. The van der Waals surface area contributed by atoms with Gasteiger partial charge in [0, 0.05) is 19.6 Å². The van der Waals surface area contributed by atoms with Gasteiger partial charge >= 0.3 is 6.03 Å². The summed E-state index contributed by atoms with van der Waals surface area (Å²) in [4.78, 5) is 13.2. The second kappa shape index (κ2) is 6.75. The Morgan fingerprint density at radius 3 is 2.38 bits per heavy atom. The molecule has 2 amide bonds. The predicted octanol–water partition coefficient (Wildman–Crippen LogP) is 2.23. The molecule has 1 N–H and O–H groups in total. The maximum atomic E-state index is 11.4. The van der Waals surface area contributed by atoms with Gasteiger partial charge in [-0.1, -0.05) is 19.8 Å². The van der Waals surface area contributed by atoms with Crippen LogP contribution in [0.15, 0.2) is 0 Å². The number of rotatable bonds is 5. The Morgan fingerprint density at radius 1 is 1.38 bits per heavy atom. The summed E-state index contributed by atoms with van der Waals surface area (Å²) in [6.07, 6.45) is 3.49. The molecule has 0 aliphatic heterocycles. The van der Waals surface area contributed by atoms with Gasteiger partial charge in [0.25, 0.3) is 0 Å². The summed E-state index contributed by atoms with van der Waals surface area (Å²) < 4.78 is 0. The number of hydrogen-bond acceptors (Lipinski definition) is 1. The highest BCUT2D eigenvalue weighted by Crippen LogP contribution is 2.03. The zero-order valence-electron chi connectivity index (χ0n) is 9.26. The molecule has 0 saturated heterocycles. The van der Waals surface area contributed by atoms with Crippen LogP contribution in [0.4, 0.5) is 4.79 Å². The van der Waals surface area contributed by atoms with E-state index in [1.165, 1.54) is 12.8 Å². The molecule has 0 unspecified atom stereocenters. The monoisotopic (exact) mass is 186 g/mol. The molecule has 0 bridgehead atoms. The third kappa shape index (κ3) is 4.76. The van der Waals surface area contributed by atoms with Crippen molar-refractivity contribution in [1.29, 1.82) is 0 Å². The highest BCUT2D eigenvalue weighted by molar-refractivity contribution is 5.74. The molecule has 0 spiro atoms. The molecule has 3 nitrogen and oxygen atoms in total. The minimum atomic E-state index is 0.0334. The lowest BCUT2D eigenvalue weighted by Crippen LogP contribution is -2.43. The lowest BCUT2D eigenvalue weighted by molar-refractivity contribution is 0.184. The predicted molar refractivity (Wildman–Crippen MR) is 55.8 cm³/mol. The normalized spacial score (nSPS) is 10.2. The highest BCUT2D eigenvalue weighted by atomic mass is 16.2. The van der Waals surface area contributed by atoms with Gasteiger partial charge in [0.15, 0.2) is 0 Å². The van der Waals surface area contributed by atoms with E-state index in [1.54, 1.807) is 7.05 Å². The van der Waals surface area contributed by atoms with Crippen LogP contribution in [-0.4, -0.2) is 30.6 Å². The van der Waals surface area contributed by atoms with E-state index >= 15 is 0 Å². The summed E-state index contributed by atoms with van der Waals surface area (Å²) in [5.41, 5.74) is 0. The first-order chi connectivity index (χ1) is 6.13. The molecule has 13 heavy (non-hydrogen) atoms. The summed E-state index contributed by atoms with van der Waals surface area (Å²) in [7, 11) is 1.68. The minimum absolute atomic E-state index is 0.0334. The fraction of sp³-hybridized carbons (Fsp3) is 0.900. The molecule has 0 heterocycles. The molecule has 0 aliphatic rings. The largest absolute Gasteiger partial charge is 0.341 e. The number of nitrogens with one attached hydrogen (secondary N) is 1. The number of urea groups is 1. The van der Waals surface area contributed by atoms with Gasteiger partial charge in [0.05, 0.1) is 0 Å². The Bertz CT molecular complexity index is 146. The zero-order valence-corrected chi connectivity index (χ0v) is 9.26. The smallest absolute Gasteiger partial charge is 0.317 e. The number of hydrogen-bond donors (Lipinski definition) is 1. The molecule has 0 aromatic carbocycles. The van der Waals surface area contributed by atoms with E-state index < -0.39 is 0 Å². The average Bonchev–Trinajstić information content (AvgIpc) is 2.11. The van der Waals surface area contributed by atoms with Crippen molar-refractivity contribution in [2.24, 2.45) is 0 Å². The second-order valence-corrected chi connectivity index (χ2v) is 3.55. The van der Waals surface area contributed by atoms with Gasteiger partial charge < -0.3 is 10.2 Å². The number of carbonyl (C=O) groups excluding carboxylic acids is 1. The van der Waals surface area contributed by atoms with Gasteiger partial charge in [0.1, 0.15) is 0 Å². The van der Waals surface area contributed by atoms with Crippen LogP contribution in [0.2, 0.25) is 0 Å². The summed E-state index contributed by atoms with van der Waals surface area (Å²) in [6, 6.07) is 0.322. The van der Waals surface area contributed by atoms with Crippen molar-refractivity contribution in [3.63, 3.8) is 0 Å². The van der Waals surface area contributed by atoms with E-state index in [0.717, 1.165) is 13.0 Å². The Balaban J connectivity index is 3.88. The third-order valence-electron chi connectivity index (χ3n) is 2.10. The van der Waals surface area contributed by atoms with Crippen molar-refractivity contribution in [1.82, 2.24) is 10.2 Å². The highest BCUT2D eigenvalue weighted by Gasteiger charge is 2.13. The number of carbonyl (C=O) groups is 1. The van der Waals surface area contributed by atoms with Crippen molar-refractivity contribution in [2.75, 3.05) is 13.6 Å². The Labute approximate surface area is 81.5 Å². The van der Waals surface area contributed by atoms with Gasteiger partial charge in [0.2, 0.25) is 0 Å². The molecule has 0 fully saturated rings. The molecule has 78 valence electrons. The van der Waals surface area contributed by atoms with Crippen LogP contribution in [0.5, 0.6) is 0 Å². The van der Waals surface area contributed by atoms with Gasteiger partial charge in [-0.3, -0.25) is 0 Å². The van der Waals surface area contributed by atoms with Crippen LogP contribution >= 0.6 is 0 Å². The van der Waals surface area contributed by atoms with Gasteiger partial charge in [-0.2, -0.15) is 0 Å². The average molecular weight is 186 g/mol. The first-order valence-electron chi connectivity index (χ1n) is 5.11. The van der Waals surface area contributed by atoms with E-state index in [0.29, 0.717) is 0 Å². The number of nitrogens with zero attached hydrogens (tertiary/aromatic N) is 1. The molecular weight excluding hydrogens is 164 g/mol. The van der Waals surface area contributed by atoms with E-state index in [9.17, 15) is 4.79 Å². The topological polar surface area (TPSA) is 32.3 Å². The van der Waals surface area contributed by atoms with E-state index in [-0.39, 0.29) is 12.1 Å². The third-order valence-corrected chi connectivity index (χ3v) is 2.10. The summed E-state index contributed by atoms with van der Waals surface area (Å²) >= 11 is 0. The standard InChI is InChI=1S/C10H22N2O/c1-5-6-7-8-12(9(2)3)10(13)11-4/h9H,5-8H2,1-4H3,(H,11,13). The summed E-state index contributed by atoms with van der Waals surface area (Å²) in [5, 5.41) is 2.66. The summed E-state index contributed by atoms with van der Waals surface area (Å²) in [5.74, 6) is 0. The zero-order chi connectivity index (χ0) is 10.3. The molecular formula is C10H22N2O. The molecule has 0 aliphatic carbocycles. The van der Waals surface area contributed by atoms with Crippen molar-refractivity contribution >= 4 is 6.03 Å². The van der Waals surface area contributed by atoms with Gasteiger partial charge in [-0.15, -0.1) is 0 Å². The fourth-order valence-electron chi connectivity index (χ4n) is 1.27. The Hall–Kier alpha value is -0.730. The second-order valence-electron chi connectivity index (χ2n) is 3.55. The first kappa shape index (κ1) is 12.3. The summed E-state index contributed by atoms with van der Waals surface area (Å²) in [6.45, 7) is 7.12. The van der Waals surface area contributed by atoms with Gasteiger partial charge in [-0.05, 0) is 20.3 Å². The number of unbranched alkanes of at least 4 members (excludes halogenated alkanes) is 2. The lowest BCUT2D eigenvalue weighted by atomic mass is 10.2. The van der Waals surface area contributed by atoms with E-state index in [2.05, 4.69) is 12.2 Å². The molecule has 0 radical (unpaired) electrons. The van der Waals surface area contributed by atoms with Crippen molar-refractivity contribution in [3.05, 3.63) is 0 Å². The molecule has 0 rings (SSSR count). The SMILES string of the molecule is CCCCCN(C(=O)NC)C(C)C. The molecule has 0 atom stereocenters.